The van der Waals surface area contributed by atoms with Crippen molar-refractivity contribution in [2.45, 2.75) is 18.9 Å². The predicted octanol–water partition coefficient (Wildman–Crippen LogP) is 1.74. The highest BCUT2D eigenvalue weighted by atomic mass is 16.2. The summed E-state index contributed by atoms with van der Waals surface area (Å²) in [6.07, 6.45) is 4.00. The predicted molar refractivity (Wildman–Crippen MR) is 76.0 cm³/mol. The molecule has 1 atom stereocenters. The number of piperidine rings is 1. The van der Waals surface area contributed by atoms with Gasteiger partial charge in [-0.25, -0.2) is 0 Å². The van der Waals surface area contributed by atoms with Crippen molar-refractivity contribution in [2.24, 2.45) is 12.8 Å². The Morgan fingerprint density at radius 3 is 3.00 bits per heavy atom. The van der Waals surface area contributed by atoms with Crippen LogP contribution in [0.2, 0.25) is 0 Å². The van der Waals surface area contributed by atoms with Crippen LogP contribution in [0.3, 0.4) is 0 Å². The van der Waals surface area contributed by atoms with Crippen LogP contribution >= 0.6 is 0 Å². The molecule has 1 aliphatic rings. The normalized spacial score (nSPS) is 19.9. The summed E-state index contributed by atoms with van der Waals surface area (Å²) in [7, 11) is 1.99. The van der Waals surface area contributed by atoms with Gasteiger partial charge in [0.2, 0.25) is 0 Å². The number of amides is 1. The highest BCUT2D eigenvalue weighted by Gasteiger charge is 2.23. The third-order valence-electron chi connectivity index (χ3n) is 3.90. The van der Waals surface area contributed by atoms with Crippen molar-refractivity contribution < 1.29 is 4.79 Å². The van der Waals surface area contributed by atoms with E-state index in [1.807, 2.05) is 47.0 Å². The summed E-state index contributed by atoms with van der Waals surface area (Å²) in [5, 5.41) is 1.02. The Labute approximate surface area is 112 Å². The Hall–Kier alpha value is -1.81. The van der Waals surface area contributed by atoms with Gasteiger partial charge in [-0.3, -0.25) is 4.79 Å². The molecule has 2 aromatic rings. The zero-order chi connectivity index (χ0) is 13.4. The molecule has 4 heteroatoms. The third-order valence-corrected chi connectivity index (χ3v) is 3.90. The monoisotopic (exact) mass is 257 g/mol. The first-order valence-corrected chi connectivity index (χ1v) is 6.76. The second-order valence-corrected chi connectivity index (χ2v) is 5.32. The van der Waals surface area contributed by atoms with Crippen LogP contribution in [0.15, 0.2) is 30.5 Å². The molecule has 1 aliphatic heterocycles. The first-order chi connectivity index (χ1) is 9.16. The Morgan fingerprint density at radius 2 is 2.21 bits per heavy atom. The average Bonchev–Trinajstić information content (AvgIpc) is 2.80. The van der Waals surface area contributed by atoms with Crippen molar-refractivity contribution in [1.82, 2.24) is 9.47 Å². The maximum Gasteiger partial charge on any atom is 0.254 e. The van der Waals surface area contributed by atoms with E-state index < -0.39 is 0 Å². The van der Waals surface area contributed by atoms with Gasteiger partial charge in [0.1, 0.15) is 0 Å². The van der Waals surface area contributed by atoms with Gasteiger partial charge in [0.25, 0.3) is 5.91 Å². The Bertz CT molecular complexity index is 617. The number of benzene rings is 1. The van der Waals surface area contributed by atoms with E-state index in [0.717, 1.165) is 35.9 Å². The largest absolute Gasteiger partial charge is 0.351 e. The van der Waals surface area contributed by atoms with Crippen molar-refractivity contribution >= 4 is 16.8 Å². The standard InChI is InChI=1S/C15H19N3O/c1-17-9-7-12-13(5-2-6-14(12)17)15(19)18-8-3-4-11(16)10-18/h2,5-7,9,11H,3-4,8,10,16H2,1H3. The molecule has 2 N–H and O–H groups in total. The van der Waals surface area contributed by atoms with Gasteiger partial charge < -0.3 is 15.2 Å². The third kappa shape index (κ3) is 2.12. The van der Waals surface area contributed by atoms with Gasteiger partial charge in [0.05, 0.1) is 0 Å². The number of aryl methyl sites for hydroxylation is 1. The average molecular weight is 257 g/mol. The zero-order valence-electron chi connectivity index (χ0n) is 11.2. The molecule has 1 saturated heterocycles. The molecule has 0 spiro atoms. The summed E-state index contributed by atoms with van der Waals surface area (Å²) >= 11 is 0. The van der Waals surface area contributed by atoms with Crippen LogP contribution in [-0.2, 0) is 7.05 Å². The van der Waals surface area contributed by atoms with E-state index in [9.17, 15) is 4.79 Å². The van der Waals surface area contributed by atoms with Gasteiger partial charge in [-0.1, -0.05) is 6.07 Å². The number of nitrogens with zero attached hydrogens (tertiary/aromatic N) is 2. The number of likely N-dealkylation sites (tertiary alicyclic amines) is 1. The van der Waals surface area contributed by atoms with Gasteiger partial charge in [0.15, 0.2) is 0 Å². The van der Waals surface area contributed by atoms with Crippen molar-refractivity contribution in [3.8, 4) is 0 Å². The molecular weight excluding hydrogens is 238 g/mol. The fourth-order valence-corrected chi connectivity index (χ4v) is 2.85. The van der Waals surface area contributed by atoms with E-state index in [0.29, 0.717) is 6.54 Å². The lowest BCUT2D eigenvalue weighted by molar-refractivity contribution is 0.0711. The number of hydrogen-bond acceptors (Lipinski definition) is 2. The van der Waals surface area contributed by atoms with Gasteiger partial charge in [-0.05, 0) is 31.0 Å². The topological polar surface area (TPSA) is 51.3 Å². The summed E-state index contributed by atoms with van der Waals surface area (Å²) in [4.78, 5) is 14.5. The zero-order valence-corrected chi connectivity index (χ0v) is 11.2. The quantitative estimate of drug-likeness (QED) is 0.846. The molecule has 2 heterocycles. The summed E-state index contributed by atoms with van der Waals surface area (Å²) < 4.78 is 2.04. The molecule has 19 heavy (non-hydrogen) atoms. The van der Waals surface area contributed by atoms with Gasteiger partial charge in [0, 0.05) is 48.8 Å². The van der Waals surface area contributed by atoms with Gasteiger partial charge in [-0.15, -0.1) is 0 Å². The minimum atomic E-state index is 0.104. The fraction of sp³-hybridized carbons (Fsp3) is 0.400. The minimum Gasteiger partial charge on any atom is -0.351 e. The fourth-order valence-electron chi connectivity index (χ4n) is 2.85. The number of rotatable bonds is 1. The highest BCUT2D eigenvalue weighted by molar-refractivity contribution is 6.06. The Balaban J connectivity index is 1.97. The van der Waals surface area contributed by atoms with Crippen LogP contribution in [0.1, 0.15) is 23.2 Å². The molecule has 0 saturated carbocycles. The van der Waals surface area contributed by atoms with Crippen LogP contribution < -0.4 is 5.73 Å². The van der Waals surface area contributed by atoms with Crippen LogP contribution in [0, 0.1) is 0 Å². The van der Waals surface area contributed by atoms with Gasteiger partial charge >= 0.3 is 0 Å². The van der Waals surface area contributed by atoms with E-state index in [-0.39, 0.29) is 11.9 Å². The maximum atomic E-state index is 12.6. The molecule has 1 aromatic carbocycles. The molecular formula is C15H19N3O. The molecule has 0 aliphatic carbocycles. The number of nitrogens with two attached hydrogens (primary N) is 1. The second kappa shape index (κ2) is 4.70. The molecule has 3 rings (SSSR count). The van der Waals surface area contributed by atoms with Crippen LogP contribution in [0.4, 0.5) is 0 Å². The lowest BCUT2D eigenvalue weighted by atomic mass is 10.0. The maximum absolute atomic E-state index is 12.6. The van der Waals surface area contributed by atoms with E-state index in [4.69, 9.17) is 5.73 Å². The summed E-state index contributed by atoms with van der Waals surface area (Å²) in [5.74, 6) is 0.104. The van der Waals surface area contributed by atoms with E-state index in [2.05, 4.69) is 0 Å². The molecule has 1 aromatic heterocycles. The number of carbonyl (C=O) groups excluding carboxylic acids is 1. The SMILES string of the molecule is Cn1ccc2c(C(=O)N3CCCC(N)C3)cccc21. The first-order valence-electron chi connectivity index (χ1n) is 6.76. The molecule has 1 amide bonds. The number of fused-ring (bicyclic) bond motifs is 1. The van der Waals surface area contributed by atoms with Crippen molar-refractivity contribution in [3.05, 3.63) is 36.0 Å². The van der Waals surface area contributed by atoms with Crippen molar-refractivity contribution in [2.75, 3.05) is 13.1 Å². The van der Waals surface area contributed by atoms with Crippen molar-refractivity contribution in [1.29, 1.82) is 0 Å². The van der Waals surface area contributed by atoms with Crippen LogP contribution in [0.5, 0.6) is 0 Å². The molecule has 1 unspecified atom stereocenters. The lowest BCUT2D eigenvalue weighted by Gasteiger charge is -2.31. The number of hydrogen-bond donors (Lipinski definition) is 1. The van der Waals surface area contributed by atoms with Crippen LogP contribution in [-0.4, -0.2) is 34.5 Å². The molecule has 100 valence electrons. The second-order valence-electron chi connectivity index (χ2n) is 5.32. The highest BCUT2D eigenvalue weighted by Crippen LogP contribution is 2.22. The van der Waals surface area contributed by atoms with E-state index in [1.165, 1.54) is 0 Å². The minimum absolute atomic E-state index is 0.104. The van der Waals surface area contributed by atoms with Crippen molar-refractivity contribution in [3.63, 3.8) is 0 Å². The lowest BCUT2D eigenvalue weighted by Crippen LogP contribution is -2.45. The number of aromatic nitrogens is 1. The summed E-state index contributed by atoms with van der Waals surface area (Å²) in [6.45, 7) is 1.48. The molecule has 4 nitrogen and oxygen atoms in total. The summed E-state index contributed by atoms with van der Waals surface area (Å²) in [6, 6.07) is 8.01. The molecule has 0 bridgehead atoms. The summed E-state index contributed by atoms with van der Waals surface area (Å²) in [5.41, 5.74) is 7.83. The van der Waals surface area contributed by atoms with E-state index in [1.54, 1.807) is 0 Å². The number of carbonyl (C=O) groups is 1. The molecule has 1 fully saturated rings. The smallest absolute Gasteiger partial charge is 0.254 e. The molecule has 0 radical (unpaired) electrons. The van der Waals surface area contributed by atoms with Gasteiger partial charge in [-0.2, -0.15) is 0 Å². The van der Waals surface area contributed by atoms with Crippen LogP contribution in [0.25, 0.3) is 10.9 Å². The first kappa shape index (κ1) is 12.2. The Morgan fingerprint density at radius 1 is 1.37 bits per heavy atom. The van der Waals surface area contributed by atoms with E-state index >= 15 is 0 Å². The Kier molecular flexibility index (Phi) is 3.03.